The Kier molecular flexibility index (Phi) is 3.57. The van der Waals surface area contributed by atoms with Gasteiger partial charge in [0.2, 0.25) is 0 Å². The van der Waals surface area contributed by atoms with E-state index in [1.54, 1.807) is 12.1 Å². The number of imidazole rings is 1. The topological polar surface area (TPSA) is 58.4 Å². The van der Waals surface area contributed by atoms with Crippen LogP contribution < -0.4 is 0 Å². The SMILES string of the molecule is Cc1nc2cccc(C(=O)O)c2n1C(C)CN(C)C. The standard InChI is InChI=1S/C14H19N3O2/c1-9(8-16(3)4)17-10(2)15-12-7-5-6-11(13(12)17)14(18)19/h5-7,9H,8H2,1-4H3,(H,18,19). The van der Waals surface area contributed by atoms with Crippen molar-refractivity contribution in [2.24, 2.45) is 0 Å². The summed E-state index contributed by atoms with van der Waals surface area (Å²) in [7, 11) is 4.01. The number of rotatable bonds is 4. The Hall–Kier alpha value is -1.88. The van der Waals surface area contributed by atoms with E-state index in [1.807, 2.05) is 31.7 Å². The molecule has 1 unspecified atom stereocenters. The van der Waals surface area contributed by atoms with Crippen molar-refractivity contribution in [1.82, 2.24) is 14.5 Å². The molecule has 5 nitrogen and oxygen atoms in total. The summed E-state index contributed by atoms with van der Waals surface area (Å²) in [5, 5.41) is 9.33. The van der Waals surface area contributed by atoms with Crippen molar-refractivity contribution < 1.29 is 9.90 Å². The van der Waals surface area contributed by atoms with Crippen LogP contribution in [0.3, 0.4) is 0 Å². The first-order valence-corrected chi connectivity index (χ1v) is 6.27. The third kappa shape index (κ3) is 2.46. The molecule has 0 fully saturated rings. The van der Waals surface area contributed by atoms with Gasteiger partial charge in [0, 0.05) is 12.6 Å². The number of aromatic carboxylic acids is 1. The third-order valence-corrected chi connectivity index (χ3v) is 3.19. The smallest absolute Gasteiger partial charge is 0.337 e. The molecule has 0 aliphatic rings. The minimum Gasteiger partial charge on any atom is -0.478 e. The molecule has 1 aromatic heterocycles. The van der Waals surface area contributed by atoms with E-state index in [4.69, 9.17) is 0 Å². The van der Waals surface area contributed by atoms with Crippen molar-refractivity contribution >= 4 is 17.0 Å². The monoisotopic (exact) mass is 261 g/mol. The van der Waals surface area contributed by atoms with Crippen LogP contribution in [0.5, 0.6) is 0 Å². The van der Waals surface area contributed by atoms with E-state index in [9.17, 15) is 9.90 Å². The fourth-order valence-electron chi connectivity index (χ4n) is 2.59. The summed E-state index contributed by atoms with van der Waals surface area (Å²) in [5.74, 6) is -0.0677. The highest BCUT2D eigenvalue weighted by atomic mass is 16.4. The highest BCUT2D eigenvalue weighted by molar-refractivity contribution is 6.01. The van der Waals surface area contributed by atoms with Crippen LogP contribution >= 0.6 is 0 Å². The van der Waals surface area contributed by atoms with E-state index in [0.717, 1.165) is 17.9 Å². The summed E-state index contributed by atoms with van der Waals surface area (Å²) >= 11 is 0. The van der Waals surface area contributed by atoms with Gasteiger partial charge < -0.3 is 14.6 Å². The molecule has 1 heterocycles. The number of carboxylic acid groups (broad SMARTS) is 1. The van der Waals surface area contributed by atoms with E-state index < -0.39 is 5.97 Å². The Labute approximate surface area is 112 Å². The molecule has 5 heteroatoms. The molecule has 0 spiro atoms. The zero-order chi connectivity index (χ0) is 14.2. The molecule has 1 atom stereocenters. The van der Waals surface area contributed by atoms with Gasteiger partial charge >= 0.3 is 5.97 Å². The number of carbonyl (C=O) groups is 1. The van der Waals surface area contributed by atoms with E-state index >= 15 is 0 Å². The molecule has 0 saturated heterocycles. The molecule has 0 saturated carbocycles. The van der Waals surface area contributed by atoms with Crippen LogP contribution in [0.4, 0.5) is 0 Å². The van der Waals surface area contributed by atoms with Gasteiger partial charge in [-0.1, -0.05) is 6.07 Å². The molecule has 0 radical (unpaired) electrons. The molecule has 1 aromatic carbocycles. The van der Waals surface area contributed by atoms with Crippen LogP contribution in [0.15, 0.2) is 18.2 Å². The number of para-hydroxylation sites is 1. The maximum atomic E-state index is 11.4. The lowest BCUT2D eigenvalue weighted by atomic mass is 10.1. The van der Waals surface area contributed by atoms with Crippen molar-refractivity contribution in [2.75, 3.05) is 20.6 Å². The Bertz CT molecular complexity index is 616. The lowest BCUT2D eigenvalue weighted by Crippen LogP contribution is -2.23. The van der Waals surface area contributed by atoms with Crippen LogP contribution in [-0.2, 0) is 0 Å². The van der Waals surface area contributed by atoms with Crippen molar-refractivity contribution in [1.29, 1.82) is 0 Å². The molecule has 19 heavy (non-hydrogen) atoms. The molecule has 102 valence electrons. The molecular weight excluding hydrogens is 242 g/mol. The minimum absolute atomic E-state index is 0.167. The number of fused-ring (bicyclic) bond motifs is 1. The van der Waals surface area contributed by atoms with E-state index in [0.29, 0.717) is 11.1 Å². The van der Waals surface area contributed by atoms with Gasteiger partial charge in [0.15, 0.2) is 0 Å². The quantitative estimate of drug-likeness (QED) is 0.916. The van der Waals surface area contributed by atoms with Crippen molar-refractivity contribution in [3.8, 4) is 0 Å². The average Bonchev–Trinajstić information content (AvgIpc) is 2.63. The van der Waals surface area contributed by atoms with Crippen LogP contribution in [0.2, 0.25) is 0 Å². The third-order valence-electron chi connectivity index (χ3n) is 3.19. The minimum atomic E-state index is -0.913. The second-order valence-electron chi connectivity index (χ2n) is 5.12. The normalized spacial score (nSPS) is 13.1. The van der Waals surface area contributed by atoms with Gasteiger partial charge in [-0.3, -0.25) is 0 Å². The summed E-state index contributed by atoms with van der Waals surface area (Å²) in [4.78, 5) is 17.9. The lowest BCUT2D eigenvalue weighted by molar-refractivity contribution is 0.0698. The summed E-state index contributed by atoms with van der Waals surface area (Å²) in [5.41, 5.74) is 1.76. The second-order valence-corrected chi connectivity index (χ2v) is 5.12. The van der Waals surface area contributed by atoms with Crippen LogP contribution in [0.1, 0.15) is 29.1 Å². The number of hydrogen-bond donors (Lipinski definition) is 1. The largest absolute Gasteiger partial charge is 0.478 e. The summed E-state index contributed by atoms with van der Waals surface area (Å²) in [6, 6.07) is 5.39. The van der Waals surface area contributed by atoms with E-state index in [1.165, 1.54) is 0 Å². The fourth-order valence-corrected chi connectivity index (χ4v) is 2.59. The zero-order valence-corrected chi connectivity index (χ0v) is 11.7. The number of hydrogen-bond acceptors (Lipinski definition) is 3. The number of benzene rings is 1. The van der Waals surface area contributed by atoms with Gasteiger partial charge in [-0.2, -0.15) is 0 Å². The number of nitrogens with zero attached hydrogens (tertiary/aromatic N) is 3. The van der Waals surface area contributed by atoms with Gasteiger partial charge in [-0.15, -0.1) is 0 Å². The van der Waals surface area contributed by atoms with Crippen LogP contribution in [-0.4, -0.2) is 46.2 Å². The van der Waals surface area contributed by atoms with Gasteiger partial charge in [0.05, 0.1) is 16.6 Å². The molecular formula is C14H19N3O2. The number of aryl methyl sites for hydroxylation is 1. The van der Waals surface area contributed by atoms with E-state index in [2.05, 4.69) is 16.8 Å². The number of aromatic nitrogens is 2. The first-order chi connectivity index (χ1) is 8.91. The molecule has 1 N–H and O–H groups in total. The van der Waals surface area contributed by atoms with Crippen molar-refractivity contribution in [3.05, 3.63) is 29.6 Å². The average molecular weight is 261 g/mol. The fraction of sp³-hybridized carbons (Fsp3) is 0.429. The molecule has 0 amide bonds. The Morgan fingerprint density at radius 1 is 1.47 bits per heavy atom. The van der Waals surface area contributed by atoms with Crippen molar-refractivity contribution in [3.63, 3.8) is 0 Å². The van der Waals surface area contributed by atoms with E-state index in [-0.39, 0.29) is 6.04 Å². The zero-order valence-electron chi connectivity index (χ0n) is 11.7. The molecule has 0 aliphatic heterocycles. The second kappa shape index (κ2) is 5.01. The predicted octanol–water partition coefficient (Wildman–Crippen LogP) is 2.17. The molecule has 2 rings (SSSR count). The number of likely N-dealkylation sites (N-methyl/N-ethyl adjacent to an activating group) is 1. The first-order valence-electron chi connectivity index (χ1n) is 6.27. The molecule has 0 bridgehead atoms. The van der Waals surface area contributed by atoms with Crippen LogP contribution in [0, 0.1) is 6.92 Å². The molecule has 2 aromatic rings. The predicted molar refractivity (Wildman–Crippen MR) is 74.7 cm³/mol. The highest BCUT2D eigenvalue weighted by Crippen LogP contribution is 2.24. The Morgan fingerprint density at radius 2 is 2.16 bits per heavy atom. The number of carboxylic acids is 1. The Morgan fingerprint density at radius 3 is 2.74 bits per heavy atom. The lowest BCUT2D eigenvalue weighted by Gasteiger charge is -2.21. The maximum absolute atomic E-state index is 11.4. The van der Waals surface area contributed by atoms with Gasteiger partial charge in [-0.25, -0.2) is 9.78 Å². The van der Waals surface area contributed by atoms with Crippen LogP contribution in [0.25, 0.3) is 11.0 Å². The molecule has 0 aliphatic carbocycles. The highest BCUT2D eigenvalue weighted by Gasteiger charge is 2.19. The Balaban J connectivity index is 2.65. The summed E-state index contributed by atoms with van der Waals surface area (Å²) in [6.45, 7) is 4.82. The summed E-state index contributed by atoms with van der Waals surface area (Å²) < 4.78 is 2.01. The van der Waals surface area contributed by atoms with Gasteiger partial charge in [0.1, 0.15) is 5.82 Å². The maximum Gasteiger partial charge on any atom is 0.337 e. The van der Waals surface area contributed by atoms with Gasteiger partial charge in [-0.05, 0) is 40.1 Å². The first kappa shape index (κ1) is 13.5. The van der Waals surface area contributed by atoms with Gasteiger partial charge in [0.25, 0.3) is 0 Å². The summed E-state index contributed by atoms with van der Waals surface area (Å²) in [6.07, 6.45) is 0. The van der Waals surface area contributed by atoms with Crippen molar-refractivity contribution in [2.45, 2.75) is 19.9 Å².